The number of H-pyrrole nitrogens is 1. The fraction of sp³-hybridized carbons (Fsp3) is 0.444. The third-order valence-electron chi connectivity index (χ3n) is 2.24. The number of aliphatic hydroxyl groups is 1. The Hall–Kier alpha value is -1.48. The molecule has 0 aromatic carbocycles. The van der Waals surface area contributed by atoms with Gasteiger partial charge in [0.05, 0.1) is 12.7 Å². The first-order chi connectivity index (χ1) is 8.53. The topological polar surface area (TPSA) is 83.8 Å². The highest BCUT2D eigenvalue weighted by Crippen LogP contribution is 2.28. The van der Waals surface area contributed by atoms with E-state index in [-0.39, 0.29) is 23.4 Å². The van der Waals surface area contributed by atoms with Crippen LogP contribution in [-0.2, 0) is 6.54 Å². The van der Waals surface area contributed by atoms with E-state index < -0.39 is 11.9 Å². The largest absolute Gasteiger partial charge is 0.389 e. The lowest BCUT2D eigenvalue weighted by atomic mass is 10.5. The molecule has 0 saturated carbocycles. The molecule has 9 heteroatoms. The number of aryl methyl sites for hydroxylation is 1. The van der Waals surface area contributed by atoms with E-state index >= 15 is 0 Å². The van der Waals surface area contributed by atoms with Crippen molar-refractivity contribution in [1.29, 1.82) is 0 Å². The van der Waals surface area contributed by atoms with Gasteiger partial charge in [-0.2, -0.15) is 8.78 Å². The maximum absolute atomic E-state index is 12.8. The van der Waals surface area contributed by atoms with Crippen LogP contribution < -0.4 is 5.56 Å². The van der Waals surface area contributed by atoms with Crippen molar-refractivity contribution in [3.8, 4) is 0 Å². The molecule has 2 N–H and O–H groups in total. The van der Waals surface area contributed by atoms with Crippen molar-refractivity contribution in [3.63, 3.8) is 0 Å². The maximum Gasteiger partial charge on any atom is 0.316 e. The van der Waals surface area contributed by atoms with Crippen molar-refractivity contribution in [2.24, 2.45) is 0 Å². The molecule has 0 spiro atoms. The van der Waals surface area contributed by atoms with Gasteiger partial charge < -0.3 is 14.7 Å². The summed E-state index contributed by atoms with van der Waals surface area (Å²) in [6.45, 7) is -0.965. The Bertz CT molecular complexity index is 598. The van der Waals surface area contributed by atoms with Gasteiger partial charge >= 0.3 is 5.25 Å². The van der Waals surface area contributed by atoms with E-state index in [0.717, 1.165) is 0 Å². The lowest BCUT2D eigenvalue weighted by Crippen LogP contribution is -2.18. The number of alkyl halides is 2. The van der Waals surface area contributed by atoms with Crippen LogP contribution in [-0.4, -0.2) is 42.2 Å². The predicted octanol–water partition coefficient (Wildman–Crippen LogP) is 0.438. The highest BCUT2D eigenvalue weighted by molar-refractivity contribution is 8.00. The fourth-order valence-electron chi connectivity index (χ4n) is 1.39. The van der Waals surface area contributed by atoms with E-state index in [1.54, 1.807) is 0 Å². The van der Waals surface area contributed by atoms with E-state index in [1.165, 1.54) is 17.2 Å². The Morgan fingerprint density at radius 3 is 3.00 bits per heavy atom. The summed E-state index contributed by atoms with van der Waals surface area (Å²) >= 11 is 0.344. The maximum atomic E-state index is 12.8. The van der Waals surface area contributed by atoms with Crippen molar-refractivity contribution in [2.45, 2.75) is 11.8 Å². The highest BCUT2D eigenvalue weighted by Gasteiger charge is 2.27. The molecule has 18 heavy (non-hydrogen) atoms. The Morgan fingerprint density at radius 2 is 2.28 bits per heavy atom. The lowest BCUT2D eigenvalue weighted by molar-refractivity contribution is 0.0362. The molecule has 2 aromatic heterocycles. The quantitative estimate of drug-likeness (QED) is 0.827. The number of aromatic nitrogens is 4. The number of hydrogen-bond acceptors (Lipinski definition) is 5. The Balaban J connectivity index is 2.09. The summed E-state index contributed by atoms with van der Waals surface area (Å²) in [5.41, 5.74) is 0.162. The van der Waals surface area contributed by atoms with Crippen LogP contribution in [0.4, 0.5) is 8.78 Å². The molecule has 0 fully saturated rings. The molecule has 0 amide bonds. The molecular formula is C9H10F2N4O2S. The summed E-state index contributed by atoms with van der Waals surface area (Å²) in [4.78, 5) is 21.5. The van der Waals surface area contributed by atoms with Crippen molar-refractivity contribution in [2.75, 3.05) is 12.4 Å². The van der Waals surface area contributed by atoms with Gasteiger partial charge in [-0.1, -0.05) is 11.8 Å². The molecule has 0 saturated heterocycles. The average molecular weight is 276 g/mol. The number of nitrogens with zero attached hydrogens (tertiary/aromatic N) is 3. The van der Waals surface area contributed by atoms with Crippen molar-refractivity contribution in [1.82, 2.24) is 19.5 Å². The molecular weight excluding hydrogens is 266 g/mol. The third kappa shape index (κ3) is 2.67. The summed E-state index contributed by atoms with van der Waals surface area (Å²) in [5, 5.41) is 5.26. The van der Waals surface area contributed by atoms with Gasteiger partial charge in [-0.15, -0.1) is 0 Å². The van der Waals surface area contributed by atoms with Gasteiger partial charge in [0.1, 0.15) is 6.61 Å². The molecule has 98 valence electrons. The van der Waals surface area contributed by atoms with Gasteiger partial charge in [-0.05, 0) is 0 Å². The molecule has 6 nitrogen and oxygen atoms in total. The molecule has 2 rings (SSSR count). The first-order valence-electron chi connectivity index (χ1n) is 5.04. The molecule has 2 heterocycles. The molecule has 0 radical (unpaired) electrons. The van der Waals surface area contributed by atoms with Crippen LogP contribution in [0.3, 0.4) is 0 Å². The second-order valence-electron chi connectivity index (χ2n) is 3.49. The van der Waals surface area contributed by atoms with Gasteiger partial charge in [-0.25, -0.2) is 9.97 Å². The second kappa shape index (κ2) is 5.02. The van der Waals surface area contributed by atoms with Crippen LogP contribution in [0.2, 0.25) is 0 Å². The van der Waals surface area contributed by atoms with Gasteiger partial charge in [0.2, 0.25) is 0 Å². The number of aromatic amines is 1. The van der Waals surface area contributed by atoms with Crippen LogP contribution in [0.15, 0.2) is 17.4 Å². The minimum Gasteiger partial charge on any atom is -0.389 e. The average Bonchev–Trinajstić information content (AvgIpc) is 2.74. The monoisotopic (exact) mass is 276 g/mol. The van der Waals surface area contributed by atoms with E-state index in [2.05, 4.69) is 15.0 Å². The van der Waals surface area contributed by atoms with Gasteiger partial charge in [0, 0.05) is 12.3 Å². The first-order valence-corrected chi connectivity index (χ1v) is 6.03. The van der Waals surface area contributed by atoms with Crippen LogP contribution in [0.1, 0.15) is 0 Å². The summed E-state index contributed by atoms with van der Waals surface area (Å²) in [5.74, 6) is 0.0769. The van der Waals surface area contributed by atoms with Crippen molar-refractivity contribution < 1.29 is 13.9 Å². The number of imidazole rings is 1. The minimum atomic E-state index is -3.15. The van der Waals surface area contributed by atoms with E-state index in [1.807, 2.05) is 0 Å². The van der Waals surface area contributed by atoms with Gasteiger partial charge in [0.15, 0.2) is 11.2 Å². The van der Waals surface area contributed by atoms with Crippen LogP contribution in [0.5, 0.6) is 0 Å². The number of fused-ring (bicyclic) bond motifs is 1. The molecule has 2 aromatic rings. The standard InChI is InChI=1S/C9H10F2N4O2S/c10-9(11,3-16)18-2-1-15-5-14-6-7(15)12-4-13-8(6)17/h4-5,16H,1-3H2,(H,12,13,17). The number of aliphatic hydroxyl groups excluding tert-OH is 1. The summed E-state index contributed by atoms with van der Waals surface area (Å²) in [7, 11) is 0. The fourth-order valence-corrected chi connectivity index (χ4v) is 2.07. The highest BCUT2D eigenvalue weighted by atomic mass is 32.2. The number of halogens is 2. The smallest absolute Gasteiger partial charge is 0.316 e. The molecule has 0 aliphatic carbocycles. The predicted molar refractivity (Wildman–Crippen MR) is 62.6 cm³/mol. The number of nitrogens with one attached hydrogen (secondary N) is 1. The number of thioether (sulfide) groups is 1. The van der Waals surface area contributed by atoms with Crippen LogP contribution >= 0.6 is 11.8 Å². The van der Waals surface area contributed by atoms with E-state index in [0.29, 0.717) is 17.4 Å². The summed E-state index contributed by atoms with van der Waals surface area (Å²) in [6.07, 6.45) is 2.61. The second-order valence-corrected chi connectivity index (χ2v) is 4.78. The zero-order chi connectivity index (χ0) is 13.2. The van der Waals surface area contributed by atoms with Crippen molar-refractivity contribution >= 4 is 22.9 Å². The minimum absolute atomic E-state index is 0.0769. The van der Waals surface area contributed by atoms with Crippen molar-refractivity contribution in [3.05, 3.63) is 23.0 Å². The Morgan fingerprint density at radius 1 is 1.50 bits per heavy atom. The molecule has 0 bridgehead atoms. The first kappa shape index (κ1) is 13.0. The van der Waals surface area contributed by atoms with Crippen LogP contribution in [0.25, 0.3) is 11.2 Å². The summed E-state index contributed by atoms with van der Waals surface area (Å²) in [6, 6.07) is 0. The van der Waals surface area contributed by atoms with Crippen LogP contribution in [0, 0.1) is 0 Å². The molecule has 0 aliphatic heterocycles. The summed E-state index contributed by atoms with van der Waals surface area (Å²) < 4.78 is 27.1. The number of rotatable bonds is 5. The number of hydrogen-bond donors (Lipinski definition) is 2. The SMILES string of the molecule is O=c1[nH]cnc2c1ncn2CCSC(F)(F)CO. The third-order valence-corrected chi connectivity index (χ3v) is 3.18. The Kier molecular flexibility index (Phi) is 3.62. The molecule has 0 aliphatic rings. The molecule has 0 atom stereocenters. The van der Waals surface area contributed by atoms with Gasteiger partial charge in [-0.3, -0.25) is 4.79 Å². The Labute approximate surface area is 104 Å². The zero-order valence-corrected chi connectivity index (χ0v) is 9.95. The van der Waals surface area contributed by atoms with Gasteiger partial charge in [0.25, 0.3) is 5.56 Å². The normalized spacial score (nSPS) is 12.2. The van der Waals surface area contributed by atoms with E-state index in [4.69, 9.17) is 5.11 Å². The zero-order valence-electron chi connectivity index (χ0n) is 9.14. The molecule has 0 unspecified atom stereocenters. The lowest BCUT2D eigenvalue weighted by Gasteiger charge is -2.12. The van der Waals surface area contributed by atoms with E-state index in [9.17, 15) is 13.6 Å².